The fraction of sp³-hybridized carbons (Fsp3) is 0.435. The van der Waals surface area contributed by atoms with Crippen LogP contribution in [0.1, 0.15) is 54.9 Å². The van der Waals surface area contributed by atoms with Crippen LogP contribution in [0.3, 0.4) is 0 Å². The van der Waals surface area contributed by atoms with Crippen LogP contribution in [0, 0.1) is 0 Å². The highest BCUT2D eigenvalue weighted by Gasteiger charge is 2.65. The molecule has 0 radical (unpaired) electrons. The fourth-order valence-electron chi connectivity index (χ4n) is 4.83. The molecule has 2 aliphatic carbocycles. The van der Waals surface area contributed by atoms with Gasteiger partial charge in [0.2, 0.25) is 10.0 Å². The maximum absolute atomic E-state index is 13.3. The molecule has 2 saturated carbocycles. The molecule has 13 heteroatoms. The average molecular weight is 541 g/mol. The highest BCUT2D eigenvalue weighted by atomic mass is 32.2. The van der Waals surface area contributed by atoms with Gasteiger partial charge in [0, 0.05) is 28.7 Å². The molecule has 36 heavy (non-hydrogen) atoms. The molecule has 3 heterocycles. The molecule has 2 N–H and O–H groups in total. The zero-order chi connectivity index (χ0) is 25.9. The van der Waals surface area contributed by atoms with Crippen LogP contribution in [0.25, 0.3) is 22.4 Å². The van der Waals surface area contributed by atoms with E-state index in [1.807, 2.05) is 10.8 Å². The van der Waals surface area contributed by atoms with Gasteiger partial charge in [-0.05, 0) is 50.1 Å². The van der Waals surface area contributed by atoms with E-state index in [0.29, 0.717) is 16.7 Å². The van der Waals surface area contributed by atoms with Gasteiger partial charge in [-0.1, -0.05) is 12.8 Å². The smallest absolute Gasteiger partial charge is 0.407 e. The number of alkyl halides is 3. The minimum Gasteiger partial charge on any atom is -0.478 e. The summed E-state index contributed by atoms with van der Waals surface area (Å²) in [6.07, 6.45) is 2.77. The van der Waals surface area contributed by atoms with Gasteiger partial charge in [-0.15, -0.1) is 11.8 Å². The van der Waals surface area contributed by atoms with Crippen molar-refractivity contribution in [2.75, 3.05) is 6.26 Å². The van der Waals surface area contributed by atoms with Gasteiger partial charge in [-0.25, -0.2) is 18.2 Å². The number of sulfonamides is 1. The van der Waals surface area contributed by atoms with E-state index >= 15 is 0 Å². The Morgan fingerprint density at radius 3 is 2.42 bits per heavy atom. The molecule has 2 aliphatic rings. The van der Waals surface area contributed by atoms with Gasteiger partial charge < -0.3 is 9.67 Å². The number of hydrogen-bond acceptors (Lipinski definition) is 6. The zero-order valence-corrected chi connectivity index (χ0v) is 20.8. The van der Waals surface area contributed by atoms with E-state index in [0.717, 1.165) is 42.8 Å². The number of carboxylic acids is 1. The maximum Gasteiger partial charge on any atom is 0.407 e. The standard InChI is InChI=1S/C23H23F3N4O4S2/c1-35-14-10-16-18(21(31)32)19(30(20(16)28-11-14)13-4-2-3-5-13)17-7-6-15(12-27-17)36(33,34)29-22(8-9-22)23(24,25)26/h6-7,10-13,29H,2-5,8-9H2,1H3,(H,31,32). The fourth-order valence-corrected chi connectivity index (χ4v) is 6.61. The molecule has 0 bridgehead atoms. The normalized spacial score (nSPS) is 18.1. The van der Waals surface area contributed by atoms with E-state index in [4.69, 9.17) is 0 Å². The minimum atomic E-state index is -4.70. The van der Waals surface area contributed by atoms with Gasteiger partial charge in [0.05, 0.1) is 17.0 Å². The lowest BCUT2D eigenvalue weighted by Crippen LogP contribution is -2.47. The molecule has 0 aliphatic heterocycles. The molecular formula is C23H23F3N4O4S2. The number of aromatic nitrogens is 3. The highest BCUT2D eigenvalue weighted by Crippen LogP contribution is 2.50. The SMILES string of the molecule is CSc1cnc2c(c1)c(C(=O)O)c(-c1ccc(S(=O)(=O)NC3(C(F)(F)F)CC3)cn1)n2C1CCCC1. The first-order valence-electron chi connectivity index (χ1n) is 11.4. The lowest BCUT2D eigenvalue weighted by Gasteiger charge is -2.20. The summed E-state index contributed by atoms with van der Waals surface area (Å²) in [5.41, 5.74) is -1.42. The van der Waals surface area contributed by atoms with Crippen LogP contribution in [0.2, 0.25) is 0 Å². The van der Waals surface area contributed by atoms with E-state index in [1.54, 1.807) is 17.0 Å². The molecule has 0 saturated heterocycles. The van der Waals surface area contributed by atoms with Crippen molar-refractivity contribution in [3.05, 3.63) is 36.2 Å². The van der Waals surface area contributed by atoms with Crippen molar-refractivity contribution in [2.24, 2.45) is 0 Å². The summed E-state index contributed by atoms with van der Waals surface area (Å²) < 4.78 is 68.9. The van der Waals surface area contributed by atoms with E-state index in [1.165, 1.54) is 17.8 Å². The van der Waals surface area contributed by atoms with Crippen molar-refractivity contribution >= 4 is 38.8 Å². The van der Waals surface area contributed by atoms with Crippen LogP contribution in [0.5, 0.6) is 0 Å². The second-order valence-electron chi connectivity index (χ2n) is 9.15. The van der Waals surface area contributed by atoms with Crippen LogP contribution >= 0.6 is 11.8 Å². The minimum absolute atomic E-state index is 0.00313. The molecule has 0 spiro atoms. The summed E-state index contributed by atoms with van der Waals surface area (Å²) in [5.74, 6) is -1.17. The molecule has 0 amide bonds. The average Bonchev–Trinajstić information content (AvgIpc) is 3.28. The van der Waals surface area contributed by atoms with Crippen LogP contribution < -0.4 is 4.72 Å². The Hall–Kier alpha value is -2.64. The Balaban J connectivity index is 1.62. The number of nitrogens with one attached hydrogen (secondary N) is 1. The van der Waals surface area contributed by atoms with Gasteiger partial charge in [-0.2, -0.15) is 17.9 Å². The number of carbonyl (C=O) groups is 1. The summed E-state index contributed by atoms with van der Waals surface area (Å²) in [6, 6.07) is 4.25. The topological polar surface area (TPSA) is 114 Å². The molecule has 192 valence electrons. The Morgan fingerprint density at radius 2 is 1.89 bits per heavy atom. The van der Waals surface area contributed by atoms with E-state index in [-0.39, 0.29) is 30.1 Å². The van der Waals surface area contributed by atoms with Crippen LogP contribution in [0.4, 0.5) is 13.2 Å². The molecule has 2 fully saturated rings. The number of halogens is 3. The van der Waals surface area contributed by atoms with Crippen molar-refractivity contribution in [3.63, 3.8) is 0 Å². The summed E-state index contributed by atoms with van der Waals surface area (Å²) >= 11 is 1.43. The molecule has 3 aromatic rings. The molecule has 8 nitrogen and oxygen atoms in total. The predicted molar refractivity (Wildman–Crippen MR) is 128 cm³/mol. The van der Waals surface area contributed by atoms with Gasteiger partial charge in [0.1, 0.15) is 16.1 Å². The van der Waals surface area contributed by atoms with Crippen molar-refractivity contribution in [3.8, 4) is 11.4 Å². The van der Waals surface area contributed by atoms with Crippen LogP contribution in [0.15, 0.2) is 40.4 Å². The Labute approximate surface area is 209 Å². The number of rotatable bonds is 7. The Morgan fingerprint density at radius 1 is 1.19 bits per heavy atom. The number of aromatic carboxylic acids is 1. The van der Waals surface area contributed by atoms with Gasteiger partial charge >= 0.3 is 12.1 Å². The number of pyridine rings is 2. The number of hydrogen-bond donors (Lipinski definition) is 2. The Bertz CT molecular complexity index is 1440. The third kappa shape index (κ3) is 4.16. The first-order chi connectivity index (χ1) is 17.0. The Kier molecular flexibility index (Phi) is 6.07. The quantitative estimate of drug-likeness (QED) is 0.405. The van der Waals surface area contributed by atoms with Crippen LogP contribution in [-0.4, -0.2) is 52.0 Å². The van der Waals surface area contributed by atoms with E-state index in [9.17, 15) is 31.5 Å². The molecule has 0 atom stereocenters. The molecule has 0 unspecified atom stereocenters. The van der Waals surface area contributed by atoms with Gasteiger partial charge in [-0.3, -0.25) is 4.98 Å². The van der Waals surface area contributed by atoms with E-state index in [2.05, 4.69) is 9.97 Å². The van der Waals surface area contributed by atoms with Crippen molar-refractivity contribution in [1.29, 1.82) is 0 Å². The van der Waals surface area contributed by atoms with Crippen molar-refractivity contribution in [1.82, 2.24) is 19.3 Å². The first-order valence-corrected chi connectivity index (χ1v) is 14.1. The van der Waals surface area contributed by atoms with Crippen molar-refractivity contribution in [2.45, 2.75) is 66.1 Å². The molecule has 3 aromatic heterocycles. The third-order valence-electron chi connectivity index (χ3n) is 6.87. The number of carboxylic acid groups (broad SMARTS) is 1. The lowest BCUT2D eigenvalue weighted by molar-refractivity contribution is -0.160. The number of fused-ring (bicyclic) bond motifs is 1. The third-order valence-corrected chi connectivity index (χ3v) is 9.08. The lowest BCUT2D eigenvalue weighted by atomic mass is 10.1. The van der Waals surface area contributed by atoms with Gasteiger partial charge in [0.25, 0.3) is 0 Å². The van der Waals surface area contributed by atoms with Gasteiger partial charge in [0.15, 0.2) is 0 Å². The monoisotopic (exact) mass is 540 g/mol. The molecule has 0 aromatic carbocycles. The maximum atomic E-state index is 13.3. The zero-order valence-electron chi connectivity index (χ0n) is 19.2. The highest BCUT2D eigenvalue weighted by molar-refractivity contribution is 7.98. The van der Waals surface area contributed by atoms with Crippen LogP contribution in [-0.2, 0) is 10.0 Å². The first kappa shape index (κ1) is 25.0. The summed E-state index contributed by atoms with van der Waals surface area (Å²) in [7, 11) is -4.49. The molecule has 5 rings (SSSR count). The predicted octanol–water partition coefficient (Wildman–Crippen LogP) is 5.01. The summed E-state index contributed by atoms with van der Waals surface area (Å²) in [6.45, 7) is 0. The number of thioether (sulfide) groups is 1. The largest absolute Gasteiger partial charge is 0.478 e. The number of nitrogens with zero attached hydrogens (tertiary/aromatic N) is 3. The second-order valence-corrected chi connectivity index (χ2v) is 11.7. The van der Waals surface area contributed by atoms with E-state index < -0.39 is 32.6 Å². The second kappa shape index (κ2) is 8.73. The van der Waals surface area contributed by atoms with Crippen molar-refractivity contribution < 1.29 is 31.5 Å². The molecular weight excluding hydrogens is 517 g/mol. The summed E-state index contributed by atoms with van der Waals surface area (Å²) in [5, 5.41) is 10.6. The summed E-state index contributed by atoms with van der Waals surface area (Å²) in [4.78, 5) is 21.6.